The number of aryl methyl sites for hydroxylation is 2. The minimum absolute atomic E-state index is 0.109. The van der Waals surface area contributed by atoms with Crippen LogP contribution in [0.3, 0.4) is 0 Å². The van der Waals surface area contributed by atoms with Gasteiger partial charge in [-0.2, -0.15) is 0 Å². The summed E-state index contributed by atoms with van der Waals surface area (Å²) in [5.74, 6) is 2.73. The predicted molar refractivity (Wildman–Crippen MR) is 135 cm³/mol. The second-order valence-electron chi connectivity index (χ2n) is 7.94. The average molecular weight is 473 g/mol. The predicted octanol–water partition coefficient (Wildman–Crippen LogP) is 4.83. The molecular weight excluding hydrogens is 448 g/mol. The summed E-state index contributed by atoms with van der Waals surface area (Å²) in [5.41, 5.74) is 3.62. The van der Waals surface area contributed by atoms with Gasteiger partial charge in [-0.3, -0.25) is 9.20 Å². The maximum atomic E-state index is 13.5. The van der Waals surface area contributed by atoms with E-state index in [1.165, 1.54) is 11.8 Å². The first-order chi connectivity index (χ1) is 16.6. The maximum Gasteiger partial charge on any atom is 0.267 e. The largest absolute Gasteiger partial charge is 0.497 e. The van der Waals surface area contributed by atoms with Crippen molar-refractivity contribution in [2.75, 3.05) is 19.5 Å². The Morgan fingerprint density at radius 2 is 1.71 bits per heavy atom. The highest BCUT2D eigenvalue weighted by atomic mass is 32.2. The summed E-state index contributed by atoms with van der Waals surface area (Å²) < 4.78 is 14.6. The van der Waals surface area contributed by atoms with Crippen molar-refractivity contribution in [1.82, 2.24) is 19.2 Å². The van der Waals surface area contributed by atoms with E-state index in [0.717, 1.165) is 33.8 Å². The van der Waals surface area contributed by atoms with Gasteiger partial charge in [-0.25, -0.2) is 4.57 Å². The summed E-state index contributed by atoms with van der Waals surface area (Å²) in [6.07, 6.45) is 0. The Bertz CT molecular complexity index is 1540. The van der Waals surface area contributed by atoms with Crippen LogP contribution in [0.15, 0.2) is 76.7 Å². The fourth-order valence-electron chi connectivity index (χ4n) is 4.01. The number of benzene rings is 3. The summed E-state index contributed by atoms with van der Waals surface area (Å²) in [7, 11) is 1.64. The second kappa shape index (κ2) is 9.23. The van der Waals surface area contributed by atoms with Crippen LogP contribution in [-0.2, 0) is 0 Å². The molecule has 2 heterocycles. The number of hydrogen-bond acceptors (Lipinski definition) is 6. The standard InChI is InChI=1S/C26H24N4O3S/c1-17-8-13-22(18(2)16-17)29-24(31)21-6-4-5-7-23(21)30-25(29)27-28-26(30)34-15-14-33-20-11-9-19(32-3)10-12-20/h4-13,16H,14-15H2,1-3H3. The molecule has 0 unspecified atom stereocenters. The lowest BCUT2D eigenvalue weighted by atomic mass is 10.1. The van der Waals surface area contributed by atoms with Crippen molar-refractivity contribution >= 4 is 28.4 Å². The Morgan fingerprint density at radius 1 is 0.941 bits per heavy atom. The number of aromatic nitrogens is 4. The lowest BCUT2D eigenvalue weighted by Crippen LogP contribution is -2.22. The zero-order valence-electron chi connectivity index (χ0n) is 19.2. The Labute approximate surface area is 201 Å². The Morgan fingerprint density at radius 3 is 2.47 bits per heavy atom. The highest BCUT2D eigenvalue weighted by Crippen LogP contribution is 2.25. The summed E-state index contributed by atoms with van der Waals surface area (Å²) in [4.78, 5) is 13.5. The van der Waals surface area contributed by atoms with E-state index in [0.29, 0.717) is 28.7 Å². The van der Waals surface area contributed by atoms with E-state index in [2.05, 4.69) is 16.3 Å². The maximum absolute atomic E-state index is 13.5. The van der Waals surface area contributed by atoms with Gasteiger partial charge in [-0.05, 0) is 61.9 Å². The molecule has 0 fully saturated rings. The molecule has 0 bridgehead atoms. The van der Waals surface area contributed by atoms with Crippen molar-refractivity contribution in [3.8, 4) is 17.2 Å². The van der Waals surface area contributed by atoms with E-state index < -0.39 is 0 Å². The van der Waals surface area contributed by atoms with Gasteiger partial charge in [0.05, 0.1) is 30.3 Å². The number of methoxy groups -OCH3 is 1. The topological polar surface area (TPSA) is 70.7 Å². The van der Waals surface area contributed by atoms with E-state index in [-0.39, 0.29) is 5.56 Å². The Hall–Kier alpha value is -3.78. The monoisotopic (exact) mass is 472 g/mol. The van der Waals surface area contributed by atoms with Crippen LogP contribution in [0.4, 0.5) is 0 Å². The molecule has 0 atom stereocenters. The zero-order valence-corrected chi connectivity index (χ0v) is 20.0. The van der Waals surface area contributed by atoms with Crippen LogP contribution in [-0.4, -0.2) is 38.6 Å². The second-order valence-corrected chi connectivity index (χ2v) is 9.00. The average Bonchev–Trinajstić information content (AvgIpc) is 3.27. The van der Waals surface area contributed by atoms with Crippen LogP contribution >= 0.6 is 11.8 Å². The van der Waals surface area contributed by atoms with Gasteiger partial charge in [-0.1, -0.05) is 41.6 Å². The van der Waals surface area contributed by atoms with Crippen molar-refractivity contribution < 1.29 is 9.47 Å². The molecule has 0 aliphatic carbocycles. The lowest BCUT2D eigenvalue weighted by molar-refractivity contribution is 0.342. The number of thioether (sulfide) groups is 1. The van der Waals surface area contributed by atoms with Crippen molar-refractivity contribution in [1.29, 1.82) is 0 Å². The van der Waals surface area contributed by atoms with E-state index >= 15 is 0 Å². The van der Waals surface area contributed by atoms with Crippen LogP contribution < -0.4 is 15.0 Å². The first-order valence-electron chi connectivity index (χ1n) is 10.9. The van der Waals surface area contributed by atoms with Crippen LogP contribution in [0, 0.1) is 13.8 Å². The molecule has 3 aromatic carbocycles. The van der Waals surface area contributed by atoms with Crippen LogP contribution in [0.5, 0.6) is 11.5 Å². The molecule has 0 aliphatic heterocycles. The molecule has 0 amide bonds. The molecule has 2 aromatic heterocycles. The smallest absolute Gasteiger partial charge is 0.267 e. The molecule has 172 valence electrons. The van der Waals surface area contributed by atoms with E-state index in [4.69, 9.17) is 9.47 Å². The molecule has 5 rings (SSSR count). The highest BCUT2D eigenvalue weighted by molar-refractivity contribution is 7.99. The van der Waals surface area contributed by atoms with E-state index in [1.54, 1.807) is 11.7 Å². The normalized spacial score (nSPS) is 11.3. The zero-order chi connectivity index (χ0) is 23.7. The molecular formula is C26H24N4O3S. The van der Waals surface area contributed by atoms with Gasteiger partial charge in [0, 0.05) is 5.75 Å². The third-order valence-corrected chi connectivity index (χ3v) is 6.52. The van der Waals surface area contributed by atoms with E-state index in [1.807, 2.05) is 78.9 Å². The fraction of sp³-hybridized carbons (Fsp3) is 0.192. The molecule has 0 saturated heterocycles. The number of nitrogens with zero attached hydrogens (tertiary/aromatic N) is 4. The molecule has 7 nitrogen and oxygen atoms in total. The molecule has 34 heavy (non-hydrogen) atoms. The number of rotatable bonds is 7. The molecule has 0 spiro atoms. The van der Waals surface area contributed by atoms with Gasteiger partial charge < -0.3 is 9.47 Å². The van der Waals surface area contributed by atoms with Gasteiger partial charge >= 0.3 is 0 Å². The van der Waals surface area contributed by atoms with Crippen LogP contribution in [0.1, 0.15) is 11.1 Å². The van der Waals surface area contributed by atoms with E-state index in [9.17, 15) is 4.79 Å². The van der Waals surface area contributed by atoms with Crippen LogP contribution in [0.2, 0.25) is 0 Å². The third-order valence-electron chi connectivity index (χ3n) is 5.63. The summed E-state index contributed by atoms with van der Waals surface area (Å²) in [6.45, 7) is 4.54. The number of hydrogen-bond donors (Lipinski definition) is 0. The molecule has 0 N–H and O–H groups in total. The Kier molecular flexibility index (Phi) is 5.98. The quantitative estimate of drug-likeness (QED) is 0.250. The number of fused-ring (bicyclic) bond motifs is 3. The van der Waals surface area contributed by atoms with Gasteiger partial charge in [0.15, 0.2) is 5.16 Å². The molecule has 0 aliphatic rings. The Balaban J connectivity index is 1.50. The van der Waals surface area contributed by atoms with Gasteiger partial charge in [0.1, 0.15) is 11.5 Å². The molecule has 5 aromatic rings. The first kappa shape index (κ1) is 22.0. The SMILES string of the molecule is COc1ccc(OCCSc2nnc3n(-c4ccc(C)cc4C)c(=O)c4ccccc4n23)cc1. The first-order valence-corrected chi connectivity index (χ1v) is 11.9. The van der Waals surface area contributed by atoms with Crippen LogP contribution in [0.25, 0.3) is 22.4 Å². The minimum Gasteiger partial charge on any atom is -0.497 e. The highest BCUT2D eigenvalue weighted by Gasteiger charge is 2.18. The van der Waals surface area contributed by atoms with Gasteiger partial charge in [-0.15, -0.1) is 10.2 Å². The van der Waals surface area contributed by atoms with Crippen molar-refractivity contribution in [2.24, 2.45) is 0 Å². The molecule has 0 radical (unpaired) electrons. The fourth-order valence-corrected chi connectivity index (χ4v) is 4.77. The van der Waals surface area contributed by atoms with Crippen molar-refractivity contribution in [3.63, 3.8) is 0 Å². The summed E-state index contributed by atoms with van der Waals surface area (Å²) in [6, 6.07) is 21.1. The van der Waals surface area contributed by atoms with Gasteiger partial charge in [0.25, 0.3) is 5.56 Å². The third kappa shape index (κ3) is 4.01. The number of ether oxygens (including phenoxy) is 2. The lowest BCUT2D eigenvalue weighted by Gasteiger charge is -2.13. The van der Waals surface area contributed by atoms with Gasteiger partial charge in [0.2, 0.25) is 5.78 Å². The minimum atomic E-state index is -0.109. The molecule has 8 heteroatoms. The van der Waals surface area contributed by atoms with Crippen molar-refractivity contribution in [3.05, 3.63) is 88.2 Å². The summed E-state index contributed by atoms with van der Waals surface area (Å²) >= 11 is 1.54. The van der Waals surface area contributed by atoms with Crippen molar-refractivity contribution in [2.45, 2.75) is 19.0 Å². The summed E-state index contributed by atoms with van der Waals surface area (Å²) in [5, 5.41) is 10.2. The molecule has 0 saturated carbocycles. The number of para-hydroxylation sites is 1.